The van der Waals surface area contributed by atoms with Crippen LogP contribution in [0.1, 0.15) is 40.4 Å². The van der Waals surface area contributed by atoms with Gasteiger partial charge in [0.25, 0.3) is 0 Å². The molecule has 92 valence electrons. The first kappa shape index (κ1) is 12.5. The van der Waals surface area contributed by atoms with E-state index in [1.165, 1.54) is 5.56 Å². The van der Waals surface area contributed by atoms with Crippen LogP contribution in [0.3, 0.4) is 0 Å². The molecule has 1 heterocycles. The number of nitrogens with zero attached hydrogens (tertiary/aromatic N) is 1. The molecule has 0 spiro atoms. The van der Waals surface area contributed by atoms with E-state index in [1.807, 2.05) is 31.2 Å². The summed E-state index contributed by atoms with van der Waals surface area (Å²) in [4.78, 5) is 16.4. The Morgan fingerprint density at radius 3 is 2.72 bits per heavy atom. The van der Waals surface area contributed by atoms with Crippen molar-refractivity contribution in [3.63, 3.8) is 0 Å². The molecule has 0 N–H and O–H groups in total. The molecule has 2 nitrogen and oxygen atoms in total. The van der Waals surface area contributed by atoms with Crippen molar-refractivity contribution in [3.8, 4) is 0 Å². The van der Waals surface area contributed by atoms with Crippen molar-refractivity contribution in [1.82, 2.24) is 4.98 Å². The van der Waals surface area contributed by atoms with Gasteiger partial charge in [-0.25, -0.2) is 0 Å². The third-order valence-corrected chi connectivity index (χ3v) is 2.86. The lowest BCUT2D eigenvalue weighted by molar-refractivity contribution is 0.103. The van der Waals surface area contributed by atoms with E-state index in [2.05, 4.69) is 18.0 Å². The highest BCUT2D eigenvalue weighted by molar-refractivity contribution is 6.08. The van der Waals surface area contributed by atoms with Crippen LogP contribution in [0.4, 0.5) is 0 Å². The van der Waals surface area contributed by atoms with E-state index in [9.17, 15) is 4.79 Å². The van der Waals surface area contributed by atoms with Crippen molar-refractivity contribution < 1.29 is 4.79 Å². The molecule has 1 aromatic carbocycles. The van der Waals surface area contributed by atoms with Crippen LogP contribution in [0.25, 0.3) is 0 Å². The number of carbonyl (C=O) groups excluding carboxylic acids is 1. The van der Waals surface area contributed by atoms with Crippen LogP contribution < -0.4 is 0 Å². The van der Waals surface area contributed by atoms with Crippen LogP contribution in [0.2, 0.25) is 0 Å². The molecule has 0 amide bonds. The molecule has 18 heavy (non-hydrogen) atoms. The van der Waals surface area contributed by atoms with Crippen LogP contribution in [-0.4, -0.2) is 10.8 Å². The van der Waals surface area contributed by atoms with E-state index in [1.54, 1.807) is 12.4 Å². The average molecular weight is 239 g/mol. The molecule has 0 saturated carbocycles. The lowest BCUT2D eigenvalue weighted by atomic mass is 10.0. The third kappa shape index (κ3) is 2.83. The normalized spacial score (nSPS) is 10.3. The highest BCUT2D eigenvalue weighted by atomic mass is 16.1. The number of hydrogen-bond donors (Lipinski definition) is 0. The highest BCUT2D eigenvalue weighted by Gasteiger charge is 2.09. The Hall–Kier alpha value is -1.96. The van der Waals surface area contributed by atoms with E-state index in [0.29, 0.717) is 5.56 Å². The van der Waals surface area contributed by atoms with Crippen LogP contribution in [0, 0.1) is 6.92 Å². The van der Waals surface area contributed by atoms with Crippen molar-refractivity contribution in [2.45, 2.75) is 26.7 Å². The molecule has 2 rings (SSSR count). The van der Waals surface area contributed by atoms with Gasteiger partial charge in [-0.2, -0.15) is 0 Å². The van der Waals surface area contributed by atoms with Crippen molar-refractivity contribution in [2.24, 2.45) is 0 Å². The van der Waals surface area contributed by atoms with Crippen LogP contribution in [0.5, 0.6) is 0 Å². The Morgan fingerprint density at radius 1 is 1.17 bits per heavy atom. The van der Waals surface area contributed by atoms with E-state index in [0.717, 1.165) is 24.0 Å². The van der Waals surface area contributed by atoms with Crippen LogP contribution in [-0.2, 0) is 6.42 Å². The Bertz CT molecular complexity index is 561. The van der Waals surface area contributed by atoms with Gasteiger partial charge in [0.1, 0.15) is 0 Å². The van der Waals surface area contributed by atoms with Gasteiger partial charge < -0.3 is 0 Å². The smallest absolute Gasteiger partial charge is 0.194 e. The molecule has 0 fully saturated rings. The van der Waals surface area contributed by atoms with Gasteiger partial charge >= 0.3 is 0 Å². The minimum absolute atomic E-state index is 0.0455. The molecule has 0 bridgehead atoms. The molecular formula is C16H17NO. The van der Waals surface area contributed by atoms with Crippen molar-refractivity contribution in [3.05, 3.63) is 65.0 Å². The number of benzene rings is 1. The molecule has 0 radical (unpaired) electrons. The summed E-state index contributed by atoms with van der Waals surface area (Å²) >= 11 is 0. The number of ketones is 1. The summed E-state index contributed by atoms with van der Waals surface area (Å²) in [6, 6.07) is 9.73. The zero-order valence-corrected chi connectivity index (χ0v) is 10.8. The largest absolute Gasteiger partial charge is 0.289 e. The van der Waals surface area contributed by atoms with Crippen molar-refractivity contribution in [2.75, 3.05) is 0 Å². The summed E-state index contributed by atoms with van der Waals surface area (Å²) in [5.74, 6) is 0.0455. The number of rotatable bonds is 4. The quantitative estimate of drug-likeness (QED) is 0.763. The van der Waals surface area contributed by atoms with E-state index in [4.69, 9.17) is 0 Å². The van der Waals surface area contributed by atoms with E-state index >= 15 is 0 Å². The topological polar surface area (TPSA) is 30.0 Å². The molecule has 2 heteroatoms. The van der Waals surface area contributed by atoms with Crippen molar-refractivity contribution in [1.29, 1.82) is 0 Å². The maximum Gasteiger partial charge on any atom is 0.194 e. The third-order valence-electron chi connectivity index (χ3n) is 2.86. The molecule has 0 aliphatic carbocycles. The molecule has 0 atom stereocenters. The molecule has 0 saturated heterocycles. The van der Waals surface area contributed by atoms with Crippen molar-refractivity contribution >= 4 is 5.78 Å². The standard InChI is InChI=1S/C16H17NO/c1-3-5-13-6-4-7-14(9-13)16(18)15-8-12(2)10-17-11-15/h4,6-11H,3,5H2,1-2H3. The highest BCUT2D eigenvalue weighted by Crippen LogP contribution is 2.13. The second-order valence-corrected chi connectivity index (χ2v) is 4.53. The Morgan fingerprint density at radius 2 is 2.00 bits per heavy atom. The van der Waals surface area contributed by atoms with Gasteiger partial charge in [0.05, 0.1) is 0 Å². The lowest BCUT2D eigenvalue weighted by Gasteiger charge is -2.04. The fraction of sp³-hybridized carbons (Fsp3) is 0.250. The first-order valence-corrected chi connectivity index (χ1v) is 6.26. The number of aryl methyl sites for hydroxylation is 2. The number of aromatic nitrogens is 1. The fourth-order valence-corrected chi connectivity index (χ4v) is 2.00. The zero-order valence-electron chi connectivity index (χ0n) is 10.8. The Labute approximate surface area is 108 Å². The summed E-state index contributed by atoms with van der Waals surface area (Å²) in [5, 5.41) is 0. The molecule has 2 aromatic rings. The molecule has 0 unspecified atom stereocenters. The molecule has 0 aliphatic rings. The van der Waals surface area contributed by atoms with Crippen LogP contribution in [0.15, 0.2) is 42.7 Å². The van der Waals surface area contributed by atoms with E-state index in [-0.39, 0.29) is 5.78 Å². The Kier molecular flexibility index (Phi) is 3.88. The average Bonchev–Trinajstić information content (AvgIpc) is 2.39. The van der Waals surface area contributed by atoms with Gasteiger partial charge in [0.15, 0.2) is 5.78 Å². The first-order chi connectivity index (χ1) is 8.70. The van der Waals surface area contributed by atoms with Gasteiger partial charge in [-0.15, -0.1) is 0 Å². The SMILES string of the molecule is CCCc1cccc(C(=O)c2cncc(C)c2)c1. The predicted octanol–water partition coefficient (Wildman–Crippen LogP) is 3.57. The lowest BCUT2D eigenvalue weighted by Crippen LogP contribution is -2.03. The first-order valence-electron chi connectivity index (χ1n) is 6.26. The minimum Gasteiger partial charge on any atom is -0.289 e. The minimum atomic E-state index is 0.0455. The monoisotopic (exact) mass is 239 g/mol. The molecular weight excluding hydrogens is 222 g/mol. The van der Waals surface area contributed by atoms with Gasteiger partial charge in [0.2, 0.25) is 0 Å². The second kappa shape index (κ2) is 5.58. The zero-order chi connectivity index (χ0) is 13.0. The number of pyridine rings is 1. The second-order valence-electron chi connectivity index (χ2n) is 4.53. The Balaban J connectivity index is 2.31. The van der Waals surface area contributed by atoms with Gasteiger partial charge in [-0.1, -0.05) is 31.5 Å². The van der Waals surface area contributed by atoms with Gasteiger partial charge in [0, 0.05) is 23.5 Å². The summed E-state index contributed by atoms with van der Waals surface area (Å²) < 4.78 is 0. The van der Waals surface area contributed by atoms with Crippen LogP contribution >= 0.6 is 0 Å². The maximum atomic E-state index is 12.3. The predicted molar refractivity (Wildman–Crippen MR) is 72.8 cm³/mol. The number of carbonyl (C=O) groups is 1. The van der Waals surface area contributed by atoms with Gasteiger partial charge in [-0.05, 0) is 36.6 Å². The summed E-state index contributed by atoms with van der Waals surface area (Å²) in [5.41, 5.74) is 3.62. The molecule has 0 aliphatic heterocycles. The van der Waals surface area contributed by atoms with Gasteiger partial charge in [-0.3, -0.25) is 9.78 Å². The maximum absolute atomic E-state index is 12.3. The number of hydrogen-bond acceptors (Lipinski definition) is 2. The molecule has 1 aromatic heterocycles. The summed E-state index contributed by atoms with van der Waals surface area (Å²) in [6.07, 6.45) is 5.48. The fourth-order valence-electron chi connectivity index (χ4n) is 2.00. The van der Waals surface area contributed by atoms with E-state index < -0.39 is 0 Å². The summed E-state index contributed by atoms with van der Waals surface area (Å²) in [7, 11) is 0. The summed E-state index contributed by atoms with van der Waals surface area (Å²) in [6.45, 7) is 4.08.